The van der Waals surface area contributed by atoms with E-state index >= 15 is 0 Å². The third-order valence-electron chi connectivity index (χ3n) is 3.95. The van der Waals surface area contributed by atoms with Crippen LogP contribution in [-0.4, -0.2) is 30.9 Å². The van der Waals surface area contributed by atoms with Crippen LogP contribution in [0.15, 0.2) is 53.4 Å². The van der Waals surface area contributed by atoms with Gasteiger partial charge in [0.05, 0.1) is 4.90 Å². The predicted molar refractivity (Wildman–Crippen MR) is 80.2 cm³/mol. The molecule has 0 spiro atoms. The normalized spacial score (nSPS) is 18.0. The van der Waals surface area contributed by atoms with Crippen molar-refractivity contribution in [2.24, 2.45) is 0 Å². The molecule has 2 aromatic rings. The fourth-order valence-corrected chi connectivity index (χ4v) is 4.20. The Hall–Kier alpha value is -1.76. The van der Waals surface area contributed by atoms with Gasteiger partial charge in [0.2, 0.25) is 10.0 Å². The quantitative estimate of drug-likeness (QED) is 0.941. The topological polar surface area (TPSA) is 57.6 Å². The van der Waals surface area contributed by atoms with E-state index in [2.05, 4.69) is 0 Å². The Morgan fingerprint density at radius 1 is 1.14 bits per heavy atom. The molecule has 22 heavy (non-hydrogen) atoms. The molecule has 0 radical (unpaired) electrons. The van der Waals surface area contributed by atoms with Crippen molar-refractivity contribution in [2.75, 3.05) is 13.1 Å². The molecule has 0 saturated carbocycles. The van der Waals surface area contributed by atoms with Crippen molar-refractivity contribution in [1.82, 2.24) is 4.31 Å². The number of benzene rings is 2. The van der Waals surface area contributed by atoms with Crippen LogP contribution in [0.2, 0.25) is 0 Å². The van der Waals surface area contributed by atoms with Crippen molar-refractivity contribution >= 4 is 10.0 Å². The molecule has 1 N–H and O–H groups in total. The van der Waals surface area contributed by atoms with Crippen LogP contribution in [0.25, 0.3) is 0 Å². The molecule has 6 heteroatoms. The van der Waals surface area contributed by atoms with E-state index in [1.54, 1.807) is 24.3 Å². The fourth-order valence-electron chi connectivity index (χ4n) is 2.56. The lowest BCUT2D eigenvalue weighted by Gasteiger charge is -2.45. The van der Waals surface area contributed by atoms with Gasteiger partial charge in [-0.05, 0) is 36.2 Å². The maximum atomic E-state index is 13.3. The van der Waals surface area contributed by atoms with Crippen molar-refractivity contribution in [3.63, 3.8) is 0 Å². The van der Waals surface area contributed by atoms with E-state index in [1.165, 1.54) is 23.4 Å². The third-order valence-corrected chi connectivity index (χ3v) is 5.74. The van der Waals surface area contributed by atoms with Crippen LogP contribution in [0, 0.1) is 12.7 Å². The Balaban J connectivity index is 1.83. The smallest absolute Gasteiger partial charge is 0.243 e. The summed E-state index contributed by atoms with van der Waals surface area (Å²) in [5.41, 5.74) is -0.194. The minimum absolute atomic E-state index is 0.00420. The van der Waals surface area contributed by atoms with Crippen molar-refractivity contribution in [2.45, 2.75) is 17.4 Å². The first kappa shape index (κ1) is 15.1. The lowest BCUT2D eigenvalue weighted by atomic mass is 9.88. The van der Waals surface area contributed by atoms with E-state index < -0.39 is 21.4 Å². The highest BCUT2D eigenvalue weighted by atomic mass is 32.2. The highest BCUT2D eigenvalue weighted by molar-refractivity contribution is 7.89. The summed E-state index contributed by atoms with van der Waals surface area (Å²) in [6, 6.07) is 12.7. The molecule has 116 valence electrons. The van der Waals surface area contributed by atoms with Gasteiger partial charge in [-0.2, -0.15) is 4.31 Å². The van der Waals surface area contributed by atoms with Crippen LogP contribution in [0.1, 0.15) is 11.1 Å². The molecule has 0 unspecified atom stereocenters. The first-order valence-electron chi connectivity index (χ1n) is 6.87. The van der Waals surface area contributed by atoms with E-state index in [-0.39, 0.29) is 23.5 Å². The minimum atomic E-state index is -3.71. The number of sulfonamides is 1. The zero-order valence-electron chi connectivity index (χ0n) is 12.0. The lowest BCUT2D eigenvalue weighted by molar-refractivity contribution is -0.0648. The zero-order valence-corrected chi connectivity index (χ0v) is 12.8. The SMILES string of the molecule is Cc1cc(S(=O)(=O)N2CC(O)(c3ccccc3)C2)ccc1F. The summed E-state index contributed by atoms with van der Waals surface area (Å²) in [6.45, 7) is 1.51. The molecule has 0 atom stereocenters. The monoisotopic (exact) mass is 321 g/mol. The number of nitrogens with zero attached hydrogens (tertiary/aromatic N) is 1. The van der Waals surface area contributed by atoms with Crippen LogP contribution < -0.4 is 0 Å². The average Bonchev–Trinajstić information content (AvgIpc) is 2.47. The Morgan fingerprint density at radius 3 is 2.36 bits per heavy atom. The summed E-state index contributed by atoms with van der Waals surface area (Å²) in [6.07, 6.45) is 0. The van der Waals surface area contributed by atoms with Gasteiger partial charge in [0.25, 0.3) is 0 Å². The molecule has 0 aromatic heterocycles. The van der Waals surface area contributed by atoms with Gasteiger partial charge in [0.1, 0.15) is 11.4 Å². The molecule has 4 nitrogen and oxygen atoms in total. The summed E-state index contributed by atoms with van der Waals surface area (Å²) in [4.78, 5) is 0.0431. The summed E-state index contributed by atoms with van der Waals surface area (Å²) in [5, 5.41) is 10.5. The van der Waals surface area contributed by atoms with E-state index in [0.717, 1.165) is 6.07 Å². The molecule has 3 rings (SSSR count). The molecule has 1 saturated heterocycles. The van der Waals surface area contributed by atoms with Crippen molar-refractivity contribution in [1.29, 1.82) is 0 Å². The van der Waals surface area contributed by atoms with Gasteiger partial charge in [-0.3, -0.25) is 0 Å². The lowest BCUT2D eigenvalue weighted by Crippen LogP contribution is -2.61. The second-order valence-corrected chi connectivity index (χ2v) is 7.52. The van der Waals surface area contributed by atoms with E-state index in [0.29, 0.717) is 5.56 Å². The van der Waals surface area contributed by atoms with Gasteiger partial charge in [0.15, 0.2) is 0 Å². The van der Waals surface area contributed by atoms with Crippen LogP contribution >= 0.6 is 0 Å². The second kappa shape index (κ2) is 5.15. The van der Waals surface area contributed by atoms with E-state index in [4.69, 9.17) is 0 Å². The maximum absolute atomic E-state index is 13.3. The number of β-amino-alcohol motifs (C(OH)–C–C–N with tert-alkyl or cyclic N) is 1. The van der Waals surface area contributed by atoms with Gasteiger partial charge in [0, 0.05) is 13.1 Å². The Bertz CT molecular complexity index is 799. The number of hydrogen-bond donors (Lipinski definition) is 1. The second-order valence-electron chi connectivity index (χ2n) is 5.58. The molecule has 1 aliphatic rings. The maximum Gasteiger partial charge on any atom is 0.243 e. The van der Waals surface area contributed by atoms with Gasteiger partial charge in [-0.15, -0.1) is 0 Å². The predicted octanol–water partition coefficient (Wildman–Crippen LogP) is 2.03. The molecular formula is C16H16FNO3S. The van der Waals surface area contributed by atoms with Gasteiger partial charge < -0.3 is 5.11 Å². The summed E-state index contributed by atoms with van der Waals surface area (Å²) in [7, 11) is -3.71. The highest BCUT2D eigenvalue weighted by Crippen LogP contribution is 2.35. The number of hydrogen-bond acceptors (Lipinski definition) is 3. The molecule has 1 aliphatic heterocycles. The zero-order chi connectivity index (χ0) is 16.0. The first-order chi connectivity index (χ1) is 10.3. The number of rotatable bonds is 3. The fraction of sp³-hybridized carbons (Fsp3) is 0.250. The Morgan fingerprint density at radius 2 is 1.77 bits per heavy atom. The Kier molecular flexibility index (Phi) is 3.55. The average molecular weight is 321 g/mol. The molecule has 0 bridgehead atoms. The van der Waals surface area contributed by atoms with Gasteiger partial charge in [-0.1, -0.05) is 30.3 Å². The first-order valence-corrected chi connectivity index (χ1v) is 8.31. The van der Waals surface area contributed by atoms with E-state index in [1.807, 2.05) is 6.07 Å². The van der Waals surface area contributed by atoms with Crippen LogP contribution in [-0.2, 0) is 15.6 Å². The molecule has 1 heterocycles. The van der Waals surface area contributed by atoms with Crippen molar-refractivity contribution in [3.8, 4) is 0 Å². The molecule has 0 amide bonds. The van der Waals surface area contributed by atoms with Crippen molar-refractivity contribution < 1.29 is 17.9 Å². The van der Waals surface area contributed by atoms with Crippen LogP contribution in [0.4, 0.5) is 4.39 Å². The number of halogens is 1. The molecule has 2 aromatic carbocycles. The Labute approximate surface area is 128 Å². The molecular weight excluding hydrogens is 305 g/mol. The highest BCUT2D eigenvalue weighted by Gasteiger charge is 2.48. The van der Waals surface area contributed by atoms with Crippen LogP contribution in [0.5, 0.6) is 0 Å². The van der Waals surface area contributed by atoms with E-state index in [9.17, 15) is 17.9 Å². The minimum Gasteiger partial charge on any atom is -0.382 e. The van der Waals surface area contributed by atoms with Gasteiger partial charge in [-0.25, -0.2) is 12.8 Å². The number of aliphatic hydroxyl groups is 1. The summed E-state index contributed by atoms with van der Waals surface area (Å²) < 4.78 is 39.5. The number of aryl methyl sites for hydroxylation is 1. The standard InChI is InChI=1S/C16H16FNO3S/c1-12-9-14(7-8-15(12)17)22(20,21)18-10-16(19,11-18)13-5-3-2-4-6-13/h2-9,19H,10-11H2,1H3. The largest absolute Gasteiger partial charge is 0.382 e. The van der Waals surface area contributed by atoms with Crippen molar-refractivity contribution in [3.05, 3.63) is 65.5 Å². The molecule has 1 fully saturated rings. The third kappa shape index (κ3) is 2.43. The summed E-state index contributed by atoms with van der Waals surface area (Å²) >= 11 is 0. The van der Waals surface area contributed by atoms with Crippen LogP contribution in [0.3, 0.4) is 0 Å². The summed E-state index contributed by atoms with van der Waals surface area (Å²) in [5.74, 6) is -0.441. The van der Waals surface area contributed by atoms with Gasteiger partial charge >= 0.3 is 0 Å². The molecule has 0 aliphatic carbocycles.